The van der Waals surface area contributed by atoms with E-state index in [1.54, 1.807) is 11.1 Å². The van der Waals surface area contributed by atoms with Gasteiger partial charge in [0.1, 0.15) is 0 Å². The van der Waals surface area contributed by atoms with Crippen molar-refractivity contribution in [1.29, 1.82) is 0 Å². The molecule has 4 rings (SSSR count). The molecule has 5 nitrogen and oxygen atoms in total. The second-order valence-corrected chi connectivity index (χ2v) is 7.34. The average Bonchev–Trinajstić information content (AvgIpc) is 3.14. The number of hydrogen-bond acceptors (Lipinski definition) is 3. The van der Waals surface area contributed by atoms with Crippen LogP contribution in [0.5, 0.6) is 0 Å². The first kappa shape index (κ1) is 18.9. The number of hydrogen-bond donors (Lipinski definition) is 1. The minimum Gasteiger partial charge on any atom is -0.322 e. The lowest BCUT2D eigenvalue weighted by molar-refractivity contribution is -0.117. The molecule has 2 heterocycles. The molecule has 0 aliphatic carbocycles. The summed E-state index contributed by atoms with van der Waals surface area (Å²) in [4.78, 5) is 31.4. The zero-order valence-corrected chi connectivity index (χ0v) is 16.6. The lowest BCUT2D eigenvalue weighted by Crippen LogP contribution is -2.30. The van der Waals surface area contributed by atoms with Crippen molar-refractivity contribution in [3.8, 4) is 0 Å². The van der Waals surface area contributed by atoms with E-state index in [-0.39, 0.29) is 18.2 Å². The van der Waals surface area contributed by atoms with Crippen LogP contribution in [0, 0.1) is 13.8 Å². The van der Waals surface area contributed by atoms with Crippen molar-refractivity contribution in [3.05, 3.63) is 88.7 Å². The molecule has 0 spiro atoms. The Morgan fingerprint density at radius 1 is 1.07 bits per heavy atom. The van der Waals surface area contributed by atoms with Gasteiger partial charge in [0.2, 0.25) is 5.91 Å². The summed E-state index contributed by atoms with van der Waals surface area (Å²) in [6.07, 6.45) is 2.76. The predicted octanol–water partition coefficient (Wildman–Crippen LogP) is 4.08. The fourth-order valence-corrected chi connectivity index (χ4v) is 3.69. The third kappa shape index (κ3) is 3.90. The van der Waals surface area contributed by atoms with Crippen molar-refractivity contribution in [2.45, 2.75) is 26.7 Å². The van der Waals surface area contributed by atoms with Crippen LogP contribution in [0.2, 0.25) is 0 Å². The maximum Gasteiger partial charge on any atom is 0.255 e. The molecule has 2 aromatic carbocycles. The summed E-state index contributed by atoms with van der Waals surface area (Å²) in [6.45, 7) is 4.60. The van der Waals surface area contributed by atoms with E-state index in [2.05, 4.69) is 10.3 Å². The second kappa shape index (κ2) is 7.87. The van der Waals surface area contributed by atoms with Crippen molar-refractivity contribution in [1.82, 2.24) is 4.98 Å². The van der Waals surface area contributed by atoms with E-state index in [0.717, 1.165) is 40.2 Å². The minimum atomic E-state index is -0.118. The van der Waals surface area contributed by atoms with Crippen molar-refractivity contribution < 1.29 is 9.59 Å². The zero-order chi connectivity index (χ0) is 20.4. The van der Waals surface area contributed by atoms with E-state index in [4.69, 9.17) is 0 Å². The topological polar surface area (TPSA) is 62.3 Å². The number of aryl methyl sites for hydroxylation is 1. The molecule has 1 aliphatic heterocycles. The minimum absolute atomic E-state index is 0.0367. The van der Waals surface area contributed by atoms with Crippen molar-refractivity contribution in [3.63, 3.8) is 0 Å². The van der Waals surface area contributed by atoms with Crippen LogP contribution in [0.3, 0.4) is 0 Å². The molecule has 0 saturated heterocycles. The highest BCUT2D eigenvalue weighted by molar-refractivity contribution is 6.06. The number of fused-ring (bicyclic) bond motifs is 1. The second-order valence-electron chi connectivity index (χ2n) is 7.34. The quantitative estimate of drug-likeness (QED) is 0.736. The summed E-state index contributed by atoms with van der Waals surface area (Å²) in [7, 11) is 0. The van der Waals surface area contributed by atoms with Gasteiger partial charge in [-0.15, -0.1) is 0 Å². The van der Waals surface area contributed by atoms with Crippen molar-refractivity contribution >= 4 is 23.2 Å². The Hall–Kier alpha value is -3.47. The third-order valence-corrected chi connectivity index (χ3v) is 5.44. The molecule has 1 aromatic heterocycles. The molecule has 5 heteroatoms. The maximum absolute atomic E-state index is 12.7. The fourth-order valence-electron chi connectivity index (χ4n) is 3.69. The Morgan fingerprint density at radius 2 is 1.93 bits per heavy atom. The molecule has 0 unspecified atom stereocenters. The summed E-state index contributed by atoms with van der Waals surface area (Å²) in [5.41, 5.74) is 6.25. The smallest absolute Gasteiger partial charge is 0.255 e. The number of pyridine rings is 1. The molecular formula is C24H23N3O2. The summed E-state index contributed by atoms with van der Waals surface area (Å²) >= 11 is 0. The Morgan fingerprint density at radius 3 is 2.72 bits per heavy atom. The van der Waals surface area contributed by atoms with E-state index >= 15 is 0 Å². The Bertz CT molecular complexity index is 1080. The number of carbonyl (C=O) groups excluding carboxylic acids is 2. The monoisotopic (exact) mass is 385 g/mol. The normalized spacial score (nSPS) is 12.6. The summed E-state index contributed by atoms with van der Waals surface area (Å²) in [5.74, 6) is -0.0816. The van der Waals surface area contributed by atoms with E-state index < -0.39 is 0 Å². The van der Waals surface area contributed by atoms with Gasteiger partial charge < -0.3 is 10.2 Å². The lowest BCUT2D eigenvalue weighted by Gasteiger charge is -2.17. The molecule has 146 valence electrons. The van der Waals surface area contributed by atoms with Gasteiger partial charge in [0, 0.05) is 35.4 Å². The largest absolute Gasteiger partial charge is 0.322 e. The summed E-state index contributed by atoms with van der Waals surface area (Å²) in [6, 6.07) is 17.1. The average molecular weight is 385 g/mol. The van der Waals surface area contributed by atoms with E-state index in [1.807, 2.05) is 68.4 Å². The van der Waals surface area contributed by atoms with Crippen LogP contribution in [0.25, 0.3) is 0 Å². The van der Waals surface area contributed by atoms with E-state index in [1.165, 1.54) is 0 Å². The van der Waals surface area contributed by atoms with Crippen LogP contribution in [0.15, 0.2) is 60.8 Å². The van der Waals surface area contributed by atoms with Gasteiger partial charge in [0.05, 0.1) is 6.42 Å². The molecule has 0 fully saturated rings. The zero-order valence-electron chi connectivity index (χ0n) is 16.6. The fraction of sp³-hybridized carbons (Fsp3) is 0.208. The number of anilines is 2. The predicted molar refractivity (Wildman–Crippen MR) is 114 cm³/mol. The number of nitrogens with one attached hydrogen (secondary N) is 1. The molecule has 0 radical (unpaired) electrons. The first-order valence-electron chi connectivity index (χ1n) is 9.73. The Labute approximate surface area is 170 Å². The highest BCUT2D eigenvalue weighted by Crippen LogP contribution is 2.31. The number of carbonyl (C=O) groups is 2. The highest BCUT2D eigenvalue weighted by atomic mass is 16.2. The van der Waals surface area contributed by atoms with Crippen LogP contribution >= 0.6 is 0 Å². The number of nitrogens with zero attached hydrogens (tertiary/aromatic N) is 2. The van der Waals surface area contributed by atoms with Crippen LogP contribution in [-0.4, -0.2) is 23.3 Å². The number of benzene rings is 2. The van der Waals surface area contributed by atoms with Crippen LogP contribution in [-0.2, 0) is 17.6 Å². The third-order valence-electron chi connectivity index (χ3n) is 5.44. The van der Waals surface area contributed by atoms with Crippen molar-refractivity contribution in [2.75, 3.05) is 16.8 Å². The molecule has 0 saturated carbocycles. The number of aromatic nitrogens is 1. The van der Waals surface area contributed by atoms with Gasteiger partial charge in [-0.3, -0.25) is 14.6 Å². The van der Waals surface area contributed by atoms with Crippen LogP contribution in [0.4, 0.5) is 11.4 Å². The van der Waals surface area contributed by atoms with Gasteiger partial charge in [0.25, 0.3) is 5.91 Å². The molecule has 1 aliphatic rings. The van der Waals surface area contributed by atoms with Crippen molar-refractivity contribution in [2.24, 2.45) is 0 Å². The summed E-state index contributed by atoms with van der Waals surface area (Å²) < 4.78 is 0. The number of amides is 2. The van der Waals surface area contributed by atoms with Gasteiger partial charge in [-0.05, 0) is 73.4 Å². The summed E-state index contributed by atoms with van der Waals surface area (Å²) in [5, 5.41) is 2.99. The lowest BCUT2D eigenvalue weighted by atomic mass is 10.0. The Balaban J connectivity index is 1.49. The molecule has 0 bridgehead atoms. The molecule has 29 heavy (non-hydrogen) atoms. The van der Waals surface area contributed by atoms with Gasteiger partial charge >= 0.3 is 0 Å². The first-order chi connectivity index (χ1) is 14.0. The highest BCUT2D eigenvalue weighted by Gasteiger charge is 2.25. The molecule has 0 atom stereocenters. The SMILES string of the molecule is Cc1cccc(C(=O)Nc2ccc3c(c2)CCN3C(=O)Cc2ccccn2)c1C. The molecule has 1 N–H and O–H groups in total. The van der Waals surface area contributed by atoms with Crippen LogP contribution < -0.4 is 10.2 Å². The number of rotatable bonds is 4. The Kier molecular flexibility index (Phi) is 5.12. The molecule has 2 amide bonds. The molecular weight excluding hydrogens is 362 g/mol. The standard InChI is InChI=1S/C24H23N3O2/c1-16-6-5-8-21(17(16)2)24(29)26-20-9-10-22-18(14-20)11-13-27(22)23(28)15-19-7-3-4-12-25-19/h3-10,12,14H,11,13,15H2,1-2H3,(H,26,29). The molecule has 3 aromatic rings. The van der Waals surface area contributed by atoms with E-state index in [0.29, 0.717) is 12.1 Å². The maximum atomic E-state index is 12.7. The first-order valence-corrected chi connectivity index (χ1v) is 9.73. The van der Waals surface area contributed by atoms with Gasteiger partial charge in [-0.2, -0.15) is 0 Å². The van der Waals surface area contributed by atoms with Gasteiger partial charge in [-0.1, -0.05) is 18.2 Å². The van der Waals surface area contributed by atoms with Crippen LogP contribution in [0.1, 0.15) is 32.7 Å². The van der Waals surface area contributed by atoms with Gasteiger partial charge in [0.15, 0.2) is 0 Å². The van der Waals surface area contributed by atoms with E-state index in [9.17, 15) is 9.59 Å². The van der Waals surface area contributed by atoms with Gasteiger partial charge in [-0.25, -0.2) is 0 Å².